The number of para-hydroxylation sites is 1. The fourth-order valence-electron chi connectivity index (χ4n) is 5.21. The fraction of sp³-hybridized carbons (Fsp3) is 0. The van der Waals surface area contributed by atoms with Crippen molar-refractivity contribution in [3.05, 3.63) is 115 Å². The minimum absolute atomic E-state index is 0.577. The SMILES string of the molecule is c1ccc(-c2nc(-c3ccccc3)nc(-n3c4ccccc4c4ncc5sc6ccccc6c5c43)n2)cc1. The van der Waals surface area contributed by atoms with E-state index in [-0.39, 0.29) is 0 Å². The number of thiophene rings is 1. The smallest absolute Gasteiger partial charge is 0.238 e. The second-order valence-electron chi connectivity index (χ2n) is 9.16. The summed E-state index contributed by atoms with van der Waals surface area (Å²) in [6.07, 6.45) is 2.00. The van der Waals surface area contributed by atoms with Gasteiger partial charge in [0, 0.05) is 38.2 Å². The standard InChI is InChI=1S/C32H19N5S/c1-3-11-20(12-4-1)30-34-31(21-13-5-2-6-14-21)36-32(35-30)37-24-17-9-7-15-22(24)28-29(37)27-23-16-8-10-18-25(23)38-26(27)19-33-28/h1-19H. The van der Waals surface area contributed by atoms with E-state index in [0.717, 1.165) is 37.8 Å². The molecule has 0 bridgehead atoms. The Kier molecular flexibility index (Phi) is 4.62. The lowest BCUT2D eigenvalue weighted by atomic mass is 10.1. The van der Waals surface area contributed by atoms with Crippen LogP contribution in [0.5, 0.6) is 0 Å². The Bertz CT molecular complexity index is 2070. The van der Waals surface area contributed by atoms with Gasteiger partial charge >= 0.3 is 0 Å². The molecule has 0 atom stereocenters. The van der Waals surface area contributed by atoms with Crippen LogP contribution in [0.25, 0.3) is 70.8 Å². The highest BCUT2D eigenvalue weighted by Crippen LogP contribution is 2.41. The van der Waals surface area contributed by atoms with E-state index in [1.807, 2.05) is 66.9 Å². The Morgan fingerprint density at radius 3 is 1.87 bits per heavy atom. The van der Waals surface area contributed by atoms with Crippen molar-refractivity contribution < 1.29 is 0 Å². The lowest BCUT2D eigenvalue weighted by Crippen LogP contribution is -2.06. The van der Waals surface area contributed by atoms with Crippen LogP contribution in [-0.4, -0.2) is 24.5 Å². The van der Waals surface area contributed by atoms with Gasteiger partial charge in [0.1, 0.15) is 0 Å². The van der Waals surface area contributed by atoms with Crippen molar-refractivity contribution in [1.29, 1.82) is 0 Å². The topological polar surface area (TPSA) is 56.5 Å². The molecule has 4 aromatic heterocycles. The zero-order chi connectivity index (χ0) is 25.1. The monoisotopic (exact) mass is 505 g/mol. The number of aromatic nitrogens is 5. The van der Waals surface area contributed by atoms with Gasteiger partial charge in [-0.05, 0) is 12.1 Å². The molecule has 0 spiro atoms. The highest BCUT2D eigenvalue weighted by molar-refractivity contribution is 7.26. The molecular weight excluding hydrogens is 486 g/mol. The molecule has 0 N–H and O–H groups in total. The number of rotatable bonds is 3. The number of pyridine rings is 1. The van der Waals surface area contributed by atoms with Crippen molar-refractivity contribution in [1.82, 2.24) is 24.5 Å². The maximum atomic E-state index is 5.06. The molecule has 178 valence electrons. The van der Waals surface area contributed by atoms with E-state index >= 15 is 0 Å². The Labute approximate surface area is 221 Å². The molecular formula is C32H19N5S. The third-order valence-electron chi connectivity index (χ3n) is 6.91. The Hall–Kier alpha value is -4.94. The van der Waals surface area contributed by atoms with Gasteiger partial charge in [-0.1, -0.05) is 97.1 Å². The van der Waals surface area contributed by atoms with E-state index in [4.69, 9.17) is 19.9 Å². The summed E-state index contributed by atoms with van der Waals surface area (Å²) >= 11 is 1.76. The van der Waals surface area contributed by atoms with Crippen LogP contribution in [0.4, 0.5) is 0 Å². The maximum Gasteiger partial charge on any atom is 0.238 e. The minimum Gasteiger partial charge on any atom is -0.275 e. The molecule has 0 aliphatic heterocycles. The van der Waals surface area contributed by atoms with Gasteiger partial charge in [-0.2, -0.15) is 9.97 Å². The molecule has 5 nitrogen and oxygen atoms in total. The van der Waals surface area contributed by atoms with Crippen LogP contribution in [0, 0.1) is 0 Å². The summed E-state index contributed by atoms with van der Waals surface area (Å²) in [5.74, 6) is 1.85. The van der Waals surface area contributed by atoms with Crippen molar-refractivity contribution in [2.24, 2.45) is 0 Å². The molecule has 38 heavy (non-hydrogen) atoms. The van der Waals surface area contributed by atoms with Crippen LogP contribution in [0.15, 0.2) is 115 Å². The van der Waals surface area contributed by atoms with E-state index in [9.17, 15) is 0 Å². The van der Waals surface area contributed by atoms with Gasteiger partial charge < -0.3 is 0 Å². The Morgan fingerprint density at radius 2 is 1.16 bits per heavy atom. The summed E-state index contributed by atoms with van der Waals surface area (Å²) in [5, 5.41) is 3.46. The zero-order valence-electron chi connectivity index (χ0n) is 20.1. The van der Waals surface area contributed by atoms with Crippen LogP contribution in [0.3, 0.4) is 0 Å². The summed E-state index contributed by atoms with van der Waals surface area (Å²) < 4.78 is 4.54. The summed E-state index contributed by atoms with van der Waals surface area (Å²) in [6.45, 7) is 0. The first-order valence-electron chi connectivity index (χ1n) is 12.4. The van der Waals surface area contributed by atoms with E-state index in [1.54, 1.807) is 11.3 Å². The third kappa shape index (κ3) is 3.17. The predicted octanol–water partition coefficient (Wildman–Crippen LogP) is 8.07. The maximum absolute atomic E-state index is 5.06. The predicted molar refractivity (Wildman–Crippen MR) is 156 cm³/mol. The normalized spacial score (nSPS) is 11.7. The van der Waals surface area contributed by atoms with E-state index in [2.05, 4.69) is 53.1 Å². The summed E-state index contributed by atoms with van der Waals surface area (Å²) in [5.41, 5.74) is 4.86. The quantitative estimate of drug-likeness (QED) is 0.244. The number of fused-ring (bicyclic) bond motifs is 7. The fourth-order valence-corrected chi connectivity index (χ4v) is 6.29. The summed E-state index contributed by atoms with van der Waals surface area (Å²) in [4.78, 5) is 20.0. The molecule has 0 aliphatic rings. The van der Waals surface area contributed by atoms with Crippen molar-refractivity contribution in [3.8, 4) is 28.7 Å². The van der Waals surface area contributed by atoms with Crippen molar-refractivity contribution in [2.75, 3.05) is 0 Å². The van der Waals surface area contributed by atoms with E-state index < -0.39 is 0 Å². The van der Waals surface area contributed by atoms with E-state index in [1.165, 1.54) is 15.5 Å². The molecule has 0 amide bonds. The average Bonchev–Trinajstić information content (AvgIpc) is 3.53. The van der Waals surface area contributed by atoms with Gasteiger partial charge in [0.15, 0.2) is 11.6 Å². The highest BCUT2D eigenvalue weighted by Gasteiger charge is 2.21. The zero-order valence-corrected chi connectivity index (χ0v) is 20.9. The average molecular weight is 506 g/mol. The first kappa shape index (κ1) is 21.2. The summed E-state index contributed by atoms with van der Waals surface area (Å²) in [6, 6.07) is 37.1. The van der Waals surface area contributed by atoms with Gasteiger partial charge in [-0.25, -0.2) is 4.98 Å². The largest absolute Gasteiger partial charge is 0.275 e. The summed E-state index contributed by atoms with van der Waals surface area (Å²) in [7, 11) is 0. The first-order chi connectivity index (χ1) is 18.8. The molecule has 0 saturated carbocycles. The number of benzene rings is 4. The van der Waals surface area contributed by atoms with Gasteiger partial charge in [-0.15, -0.1) is 11.3 Å². The molecule has 0 fully saturated rings. The molecule has 6 heteroatoms. The molecule has 0 saturated heterocycles. The van der Waals surface area contributed by atoms with Gasteiger partial charge in [0.05, 0.1) is 21.3 Å². The van der Waals surface area contributed by atoms with Crippen molar-refractivity contribution in [3.63, 3.8) is 0 Å². The van der Waals surface area contributed by atoms with E-state index in [0.29, 0.717) is 17.6 Å². The van der Waals surface area contributed by atoms with Gasteiger partial charge in [0.25, 0.3) is 0 Å². The van der Waals surface area contributed by atoms with Crippen LogP contribution in [-0.2, 0) is 0 Å². The Morgan fingerprint density at radius 1 is 0.553 bits per heavy atom. The lowest BCUT2D eigenvalue weighted by Gasteiger charge is -2.11. The number of nitrogens with zero attached hydrogens (tertiary/aromatic N) is 5. The number of hydrogen-bond donors (Lipinski definition) is 0. The molecule has 0 aliphatic carbocycles. The second-order valence-corrected chi connectivity index (χ2v) is 10.2. The van der Waals surface area contributed by atoms with Gasteiger partial charge in [-0.3, -0.25) is 9.55 Å². The molecule has 8 rings (SSSR count). The first-order valence-corrected chi connectivity index (χ1v) is 13.2. The second kappa shape index (κ2) is 8.30. The highest BCUT2D eigenvalue weighted by atomic mass is 32.1. The van der Waals surface area contributed by atoms with Crippen LogP contribution in [0.2, 0.25) is 0 Å². The molecule has 4 aromatic carbocycles. The van der Waals surface area contributed by atoms with Crippen molar-refractivity contribution >= 4 is 53.4 Å². The minimum atomic E-state index is 0.577. The number of hydrogen-bond acceptors (Lipinski definition) is 5. The van der Waals surface area contributed by atoms with Crippen LogP contribution >= 0.6 is 11.3 Å². The van der Waals surface area contributed by atoms with Crippen LogP contribution < -0.4 is 0 Å². The molecule has 0 radical (unpaired) electrons. The third-order valence-corrected chi connectivity index (χ3v) is 8.01. The Balaban J connectivity index is 1.54. The molecule has 0 unspecified atom stereocenters. The molecule has 4 heterocycles. The van der Waals surface area contributed by atoms with Crippen molar-refractivity contribution in [2.45, 2.75) is 0 Å². The lowest BCUT2D eigenvalue weighted by molar-refractivity contribution is 0.955. The van der Waals surface area contributed by atoms with Gasteiger partial charge in [0.2, 0.25) is 5.95 Å². The van der Waals surface area contributed by atoms with Crippen LogP contribution in [0.1, 0.15) is 0 Å². The molecule has 8 aromatic rings.